The number of hydrogen-bond donors (Lipinski definition) is 0. The number of nitrogens with zero attached hydrogens (tertiary/aromatic N) is 1. The smallest absolute Gasteiger partial charge is 0.302 e. The Labute approximate surface area is 158 Å². The van der Waals surface area contributed by atoms with Crippen molar-refractivity contribution < 1.29 is 18.9 Å². The van der Waals surface area contributed by atoms with Crippen molar-refractivity contribution in [3.05, 3.63) is 35.9 Å². The number of hydroxylamine groups is 2. The fraction of sp³-hybridized carbons (Fsp3) is 0.650. The maximum Gasteiger partial charge on any atom is 0.302 e. The Hall–Kier alpha value is -1.21. The topological polar surface area (TPSA) is 48.0 Å². The van der Waals surface area contributed by atoms with Crippen LogP contribution in [0, 0.1) is 0 Å². The molecule has 1 aliphatic heterocycles. The normalized spacial score (nSPS) is 24.7. The third-order valence-corrected chi connectivity index (χ3v) is 9.76. The quantitative estimate of drug-likeness (QED) is 0.513. The van der Waals surface area contributed by atoms with E-state index in [2.05, 4.69) is 52.9 Å². The lowest BCUT2D eigenvalue weighted by Crippen LogP contribution is -2.51. The first-order chi connectivity index (χ1) is 11.9. The van der Waals surface area contributed by atoms with Crippen LogP contribution >= 0.6 is 0 Å². The van der Waals surface area contributed by atoms with Crippen molar-refractivity contribution in [1.29, 1.82) is 0 Å². The zero-order chi connectivity index (χ0) is 19.6. The molecular weight excluding hydrogens is 346 g/mol. The molecule has 2 rings (SSSR count). The molecule has 1 aromatic rings. The van der Waals surface area contributed by atoms with Crippen LogP contribution in [0.3, 0.4) is 0 Å². The average Bonchev–Trinajstić information content (AvgIpc) is 2.83. The minimum absolute atomic E-state index is 0.0664. The number of carbonyl (C=O) groups excluding carboxylic acids is 1. The highest BCUT2D eigenvalue weighted by Crippen LogP contribution is 2.46. The Morgan fingerprint density at radius 2 is 1.92 bits per heavy atom. The fourth-order valence-electron chi connectivity index (χ4n) is 2.68. The second-order valence-electron chi connectivity index (χ2n) is 8.90. The molecule has 0 bridgehead atoms. The van der Waals surface area contributed by atoms with Crippen molar-refractivity contribution in [1.82, 2.24) is 5.23 Å². The van der Waals surface area contributed by atoms with Crippen LogP contribution < -0.4 is 0 Å². The van der Waals surface area contributed by atoms with Gasteiger partial charge in [0.2, 0.25) is 8.32 Å². The number of benzene rings is 1. The lowest BCUT2D eigenvalue weighted by Gasteiger charge is -2.42. The molecule has 5 nitrogen and oxygen atoms in total. The second-order valence-corrected chi connectivity index (χ2v) is 13.6. The van der Waals surface area contributed by atoms with Crippen molar-refractivity contribution in [2.24, 2.45) is 0 Å². The van der Waals surface area contributed by atoms with Crippen molar-refractivity contribution in [2.75, 3.05) is 6.61 Å². The number of rotatable bonds is 6. The van der Waals surface area contributed by atoms with Gasteiger partial charge in [-0.25, -0.2) is 0 Å². The largest absolute Gasteiger partial charge is 0.466 e. The van der Waals surface area contributed by atoms with Crippen LogP contribution in [-0.4, -0.2) is 31.7 Å². The van der Waals surface area contributed by atoms with Crippen LogP contribution in [0.4, 0.5) is 0 Å². The third-order valence-electron chi connectivity index (χ3n) is 5.52. The molecule has 1 heterocycles. The van der Waals surface area contributed by atoms with Gasteiger partial charge in [0.25, 0.3) is 0 Å². The van der Waals surface area contributed by atoms with Crippen molar-refractivity contribution in [3.8, 4) is 0 Å². The molecule has 146 valence electrons. The van der Waals surface area contributed by atoms with Crippen LogP contribution in [0.25, 0.3) is 0 Å². The molecule has 0 radical (unpaired) electrons. The van der Waals surface area contributed by atoms with Gasteiger partial charge >= 0.3 is 5.97 Å². The number of carbonyl (C=O) groups is 1. The van der Waals surface area contributed by atoms with E-state index >= 15 is 0 Å². The summed E-state index contributed by atoms with van der Waals surface area (Å²) in [6, 6.07) is 10.2. The first-order valence-electron chi connectivity index (χ1n) is 9.29. The molecule has 0 aromatic heterocycles. The van der Waals surface area contributed by atoms with E-state index in [9.17, 15) is 4.79 Å². The Balaban J connectivity index is 2.21. The zero-order valence-corrected chi connectivity index (χ0v) is 18.2. The van der Waals surface area contributed by atoms with Gasteiger partial charge in [-0.05, 0) is 30.6 Å². The van der Waals surface area contributed by atoms with E-state index in [1.807, 2.05) is 18.2 Å². The molecule has 1 aliphatic rings. The van der Waals surface area contributed by atoms with Crippen LogP contribution in [0.5, 0.6) is 0 Å². The van der Waals surface area contributed by atoms with Crippen molar-refractivity contribution in [2.45, 2.75) is 77.2 Å². The number of hydrogen-bond acceptors (Lipinski definition) is 5. The van der Waals surface area contributed by atoms with Gasteiger partial charge in [0.15, 0.2) is 0 Å². The second kappa shape index (κ2) is 7.80. The summed E-state index contributed by atoms with van der Waals surface area (Å²) in [5, 5.41) is 1.78. The molecule has 1 fully saturated rings. The summed E-state index contributed by atoms with van der Waals surface area (Å²) >= 11 is 0. The lowest BCUT2D eigenvalue weighted by molar-refractivity contribution is -0.350. The monoisotopic (exact) mass is 379 g/mol. The van der Waals surface area contributed by atoms with E-state index in [1.54, 1.807) is 5.23 Å². The standard InChI is InChI=1S/C20H33NO4Si/c1-16(22)23-14-13-20(5)15-18(17-11-9-8-10-12-17)24-21(20)25-26(6,7)19(2,3)4/h8-12,18H,13-15H2,1-7H3/t18-,20-/m1/s1. The first-order valence-corrected chi connectivity index (χ1v) is 12.2. The van der Waals surface area contributed by atoms with Gasteiger partial charge in [-0.1, -0.05) is 56.3 Å². The van der Waals surface area contributed by atoms with Crippen molar-refractivity contribution >= 4 is 14.3 Å². The van der Waals surface area contributed by atoms with E-state index in [4.69, 9.17) is 14.1 Å². The highest BCUT2D eigenvalue weighted by molar-refractivity contribution is 6.74. The molecule has 2 atom stereocenters. The van der Waals surface area contributed by atoms with Gasteiger partial charge < -0.3 is 9.26 Å². The van der Waals surface area contributed by atoms with Crippen molar-refractivity contribution in [3.63, 3.8) is 0 Å². The average molecular weight is 380 g/mol. The molecular formula is C20H33NO4Si. The number of esters is 1. The Bertz CT molecular complexity index is 614. The van der Waals surface area contributed by atoms with Crippen LogP contribution in [0.1, 0.15) is 59.1 Å². The van der Waals surface area contributed by atoms with Gasteiger partial charge in [-0.2, -0.15) is 0 Å². The Morgan fingerprint density at radius 1 is 1.31 bits per heavy atom. The van der Waals surface area contributed by atoms with E-state index < -0.39 is 8.32 Å². The van der Waals surface area contributed by atoms with Gasteiger partial charge in [0, 0.05) is 19.8 Å². The molecule has 1 saturated heterocycles. The van der Waals surface area contributed by atoms with Crippen LogP contribution in [-0.2, 0) is 18.9 Å². The lowest BCUT2D eigenvalue weighted by atomic mass is 9.90. The summed E-state index contributed by atoms with van der Waals surface area (Å²) in [4.78, 5) is 17.4. The van der Waals surface area contributed by atoms with Gasteiger partial charge in [-0.3, -0.25) is 9.63 Å². The number of ether oxygens (including phenoxy) is 1. The molecule has 0 aliphatic carbocycles. The maximum atomic E-state index is 11.2. The minimum atomic E-state index is -2.06. The molecule has 26 heavy (non-hydrogen) atoms. The van der Waals surface area contributed by atoms with E-state index in [0.717, 1.165) is 12.0 Å². The Kier molecular flexibility index (Phi) is 6.33. The zero-order valence-electron chi connectivity index (χ0n) is 17.2. The summed E-state index contributed by atoms with van der Waals surface area (Å²) in [6.07, 6.45) is 1.38. The summed E-state index contributed by atoms with van der Waals surface area (Å²) < 4.78 is 11.7. The maximum absolute atomic E-state index is 11.2. The van der Waals surface area contributed by atoms with Gasteiger partial charge in [0.05, 0.1) is 12.1 Å². The molecule has 0 N–H and O–H groups in total. The SMILES string of the molecule is CC(=O)OCC[C@]1(C)C[C@H](c2ccccc2)ON1O[Si](C)(C)C(C)(C)C. The minimum Gasteiger partial charge on any atom is -0.466 e. The molecule has 0 spiro atoms. The molecule has 0 unspecified atom stereocenters. The molecule has 0 amide bonds. The fourth-order valence-corrected chi connectivity index (χ4v) is 3.64. The summed E-state index contributed by atoms with van der Waals surface area (Å²) in [5.41, 5.74) is 0.776. The van der Waals surface area contributed by atoms with E-state index in [0.29, 0.717) is 13.0 Å². The van der Waals surface area contributed by atoms with Gasteiger partial charge in [-0.15, -0.1) is 0 Å². The molecule has 0 saturated carbocycles. The third kappa shape index (κ3) is 4.94. The summed E-state index contributed by atoms with van der Waals surface area (Å²) in [6.45, 7) is 14.9. The predicted molar refractivity (Wildman–Crippen MR) is 105 cm³/mol. The van der Waals surface area contributed by atoms with Gasteiger partial charge in [0.1, 0.15) is 6.10 Å². The highest BCUT2D eigenvalue weighted by atomic mass is 28.4. The highest BCUT2D eigenvalue weighted by Gasteiger charge is 2.50. The molecule has 1 aromatic carbocycles. The van der Waals surface area contributed by atoms with Crippen LogP contribution in [0.15, 0.2) is 30.3 Å². The predicted octanol–water partition coefficient (Wildman–Crippen LogP) is 5.01. The van der Waals surface area contributed by atoms with E-state index in [1.165, 1.54) is 6.92 Å². The summed E-state index contributed by atoms with van der Waals surface area (Å²) in [5.74, 6) is -0.260. The van der Waals surface area contributed by atoms with Crippen LogP contribution in [0.2, 0.25) is 18.1 Å². The van der Waals surface area contributed by atoms with E-state index in [-0.39, 0.29) is 22.7 Å². The first kappa shape index (κ1) is 21.1. The molecule has 6 heteroatoms. The summed E-state index contributed by atoms with van der Waals surface area (Å²) in [7, 11) is -2.06. The Morgan fingerprint density at radius 3 is 2.46 bits per heavy atom.